The van der Waals surface area contributed by atoms with Crippen molar-refractivity contribution in [3.63, 3.8) is 0 Å². The number of fused-ring (bicyclic) bond motifs is 1. The number of aryl methyl sites for hydroxylation is 1. The van der Waals surface area contributed by atoms with E-state index in [1.54, 1.807) is 0 Å². The van der Waals surface area contributed by atoms with Gasteiger partial charge in [0.1, 0.15) is 0 Å². The number of piperidine rings is 1. The molecule has 2 aromatic carbocycles. The topological polar surface area (TPSA) is 32.3 Å². The van der Waals surface area contributed by atoms with Gasteiger partial charge in [-0.2, -0.15) is 0 Å². The van der Waals surface area contributed by atoms with Crippen molar-refractivity contribution in [1.29, 1.82) is 0 Å². The summed E-state index contributed by atoms with van der Waals surface area (Å²) in [6, 6.07) is 12.4. The standard InChI is InChI=1S/C19H24N2O/c1-14-6-5-11-21(12-14)13-18(22)20-19-15(2)9-10-16-7-3-4-8-17(16)19/h3-4,7-10,14H,5-6,11-13H2,1-2H3,(H,20,22)/t14-/m0/s1. The molecular weight excluding hydrogens is 272 g/mol. The van der Waals surface area contributed by atoms with Crippen LogP contribution in [0.1, 0.15) is 25.3 Å². The van der Waals surface area contributed by atoms with Gasteiger partial charge in [0, 0.05) is 11.9 Å². The summed E-state index contributed by atoms with van der Waals surface area (Å²) in [5, 5.41) is 5.41. The molecule has 1 saturated heterocycles. The van der Waals surface area contributed by atoms with Crippen LogP contribution in [0.5, 0.6) is 0 Å². The third-order valence-corrected chi connectivity index (χ3v) is 4.51. The number of benzene rings is 2. The molecule has 0 bridgehead atoms. The quantitative estimate of drug-likeness (QED) is 0.934. The van der Waals surface area contributed by atoms with E-state index in [0.717, 1.165) is 35.1 Å². The number of amides is 1. The number of rotatable bonds is 3. The molecular formula is C19H24N2O. The Morgan fingerprint density at radius 2 is 2.09 bits per heavy atom. The molecule has 3 rings (SSSR count). The van der Waals surface area contributed by atoms with Crippen molar-refractivity contribution in [2.24, 2.45) is 5.92 Å². The van der Waals surface area contributed by atoms with Gasteiger partial charge in [-0.1, -0.05) is 43.3 Å². The van der Waals surface area contributed by atoms with E-state index >= 15 is 0 Å². The molecule has 0 aromatic heterocycles. The minimum Gasteiger partial charge on any atom is -0.324 e. The first-order valence-corrected chi connectivity index (χ1v) is 8.14. The Kier molecular flexibility index (Phi) is 4.44. The monoisotopic (exact) mass is 296 g/mol. The van der Waals surface area contributed by atoms with Crippen molar-refractivity contribution in [1.82, 2.24) is 4.90 Å². The normalized spacial score (nSPS) is 19.3. The highest BCUT2D eigenvalue weighted by Crippen LogP contribution is 2.27. The predicted octanol–water partition coefficient (Wildman–Crippen LogP) is 3.82. The maximum atomic E-state index is 12.4. The van der Waals surface area contributed by atoms with E-state index in [-0.39, 0.29) is 5.91 Å². The van der Waals surface area contributed by atoms with Crippen LogP contribution in [0.25, 0.3) is 10.8 Å². The summed E-state index contributed by atoms with van der Waals surface area (Å²) in [4.78, 5) is 14.7. The summed E-state index contributed by atoms with van der Waals surface area (Å²) in [7, 11) is 0. The zero-order valence-electron chi connectivity index (χ0n) is 13.4. The number of hydrogen-bond donors (Lipinski definition) is 1. The molecule has 1 fully saturated rings. The summed E-state index contributed by atoms with van der Waals surface area (Å²) in [5.41, 5.74) is 2.06. The average molecular weight is 296 g/mol. The number of carbonyl (C=O) groups is 1. The SMILES string of the molecule is Cc1ccc2ccccc2c1NC(=O)CN1CCC[C@H](C)C1. The van der Waals surface area contributed by atoms with E-state index < -0.39 is 0 Å². The van der Waals surface area contributed by atoms with Gasteiger partial charge in [0.25, 0.3) is 0 Å². The highest BCUT2D eigenvalue weighted by molar-refractivity contribution is 6.03. The zero-order valence-corrected chi connectivity index (χ0v) is 13.4. The van der Waals surface area contributed by atoms with Gasteiger partial charge in [-0.25, -0.2) is 0 Å². The van der Waals surface area contributed by atoms with Crippen molar-refractivity contribution in [3.8, 4) is 0 Å². The predicted molar refractivity (Wildman–Crippen MR) is 92.2 cm³/mol. The highest BCUT2D eigenvalue weighted by atomic mass is 16.2. The number of hydrogen-bond acceptors (Lipinski definition) is 2. The Morgan fingerprint density at radius 3 is 2.91 bits per heavy atom. The Morgan fingerprint density at radius 1 is 1.27 bits per heavy atom. The number of nitrogens with one attached hydrogen (secondary N) is 1. The van der Waals surface area contributed by atoms with Crippen LogP contribution < -0.4 is 5.32 Å². The maximum Gasteiger partial charge on any atom is 0.238 e. The lowest BCUT2D eigenvalue weighted by Gasteiger charge is -2.30. The highest BCUT2D eigenvalue weighted by Gasteiger charge is 2.19. The molecule has 0 radical (unpaired) electrons. The van der Waals surface area contributed by atoms with Gasteiger partial charge in [0.2, 0.25) is 5.91 Å². The minimum atomic E-state index is 0.0913. The first kappa shape index (κ1) is 15.0. The lowest BCUT2D eigenvalue weighted by atomic mass is 10.0. The zero-order chi connectivity index (χ0) is 15.5. The van der Waals surface area contributed by atoms with Crippen molar-refractivity contribution in [3.05, 3.63) is 42.0 Å². The number of carbonyl (C=O) groups excluding carboxylic acids is 1. The third kappa shape index (κ3) is 3.30. The van der Waals surface area contributed by atoms with Crippen LogP contribution >= 0.6 is 0 Å². The van der Waals surface area contributed by atoms with E-state index in [1.807, 2.05) is 19.1 Å². The molecule has 1 atom stereocenters. The Labute approximate surface area is 132 Å². The fourth-order valence-electron chi connectivity index (χ4n) is 3.36. The molecule has 0 aliphatic carbocycles. The van der Waals surface area contributed by atoms with Gasteiger partial charge in [-0.3, -0.25) is 9.69 Å². The molecule has 1 heterocycles. The van der Waals surface area contributed by atoms with Gasteiger partial charge in [-0.15, -0.1) is 0 Å². The van der Waals surface area contributed by atoms with Crippen LogP contribution in [-0.2, 0) is 4.79 Å². The lowest BCUT2D eigenvalue weighted by Crippen LogP contribution is -2.39. The van der Waals surface area contributed by atoms with Gasteiger partial charge < -0.3 is 5.32 Å². The Hall–Kier alpha value is -1.87. The molecule has 1 aliphatic heterocycles. The Bertz CT molecular complexity index is 680. The first-order chi connectivity index (χ1) is 10.6. The molecule has 3 nitrogen and oxygen atoms in total. The molecule has 1 amide bonds. The second kappa shape index (κ2) is 6.49. The van der Waals surface area contributed by atoms with Crippen molar-refractivity contribution >= 4 is 22.4 Å². The summed E-state index contributed by atoms with van der Waals surface area (Å²) in [5.74, 6) is 0.786. The van der Waals surface area contributed by atoms with E-state index in [1.165, 1.54) is 12.8 Å². The van der Waals surface area contributed by atoms with Gasteiger partial charge in [-0.05, 0) is 43.2 Å². The smallest absolute Gasteiger partial charge is 0.238 e. The number of nitrogens with zero attached hydrogens (tertiary/aromatic N) is 1. The second-order valence-electron chi connectivity index (χ2n) is 6.51. The molecule has 0 unspecified atom stereocenters. The molecule has 3 heteroatoms. The van der Waals surface area contributed by atoms with Crippen molar-refractivity contribution < 1.29 is 4.79 Å². The van der Waals surface area contributed by atoms with Gasteiger partial charge in [0.05, 0.1) is 12.2 Å². The maximum absolute atomic E-state index is 12.4. The fourth-order valence-corrected chi connectivity index (χ4v) is 3.36. The third-order valence-electron chi connectivity index (χ3n) is 4.51. The largest absolute Gasteiger partial charge is 0.324 e. The van der Waals surface area contributed by atoms with Gasteiger partial charge in [0.15, 0.2) is 0 Å². The van der Waals surface area contributed by atoms with Crippen molar-refractivity contribution in [2.45, 2.75) is 26.7 Å². The van der Waals surface area contributed by atoms with Crippen LogP contribution in [0.2, 0.25) is 0 Å². The average Bonchev–Trinajstić information content (AvgIpc) is 2.50. The summed E-state index contributed by atoms with van der Waals surface area (Å²) in [6.07, 6.45) is 2.47. The summed E-state index contributed by atoms with van der Waals surface area (Å²) < 4.78 is 0. The van der Waals surface area contributed by atoms with E-state index in [2.05, 4.69) is 41.4 Å². The molecule has 0 saturated carbocycles. The van der Waals surface area contributed by atoms with Crippen LogP contribution in [0.4, 0.5) is 5.69 Å². The molecule has 1 N–H and O–H groups in total. The molecule has 1 aliphatic rings. The van der Waals surface area contributed by atoms with Crippen LogP contribution in [0, 0.1) is 12.8 Å². The van der Waals surface area contributed by atoms with E-state index in [9.17, 15) is 4.79 Å². The van der Waals surface area contributed by atoms with Crippen LogP contribution in [0.3, 0.4) is 0 Å². The first-order valence-electron chi connectivity index (χ1n) is 8.14. The van der Waals surface area contributed by atoms with Crippen LogP contribution in [0.15, 0.2) is 36.4 Å². The number of likely N-dealkylation sites (tertiary alicyclic amines) is 1. The fraction of sp³-hybridized carbons (Fsp3) is 0.421. The second-order valence-corrected chi connectivity index (χ2v) is 6.51. The van der Waals surface area contributed by atoms with Crippen molar-refractivity contribution in [2.75, 3.05) is 25.0 Å². The van der Waals surface area contributed by atoms with E-state index in [0.29, 0.717) is 12.5 Å². The number of anilines is 1. The van der Waals surface area contributed by atoms with E-state index in [4.69, 9.17) is 0 Å². The summed E-state index contributed by atoms with van der Waals surface area (Å²) in [6.45, 7) is 6.87. The van der Waals surface area contributed by atoms with Crippen LogP contribution in [-0.4, -0.2) is 30.4 Å². The van der Waals surface area contributed by atoms with Gasteiger partial charge >= 0.3 is 0 Å². The minimum absolute atomic E-state index is 0.0913. The summed E-state index contributed by atoms with van der Waals surface area (Å²) >= 11 is 0. The molecule has 2 aromatic rings. The Balaban J connectivity index is 1.75. The molecule has 22 heavy (non-hydrogen) atoms. The molecule has 0 spiro atoms. The lowest BCUT2D eigenvalue weighted by molar-refractivity contribution is -0.117. The molecule has 116 valence electrons.